The lowest BCUT2D eigenvalue weighted by atomic mass is 10.0. The van der Waals surface area contributed by atoms with Crippen LogP contribution in [0.4, 0.5) is 13.2 Å². The van der Waals surface area contributed by atoms with Gasteiger partial charge in [0.1, 0.15) is 11.6 Å². The molecule has 1 aromatic heterocycles. The first-order valence-electron chi connectivity index (χ1n) is 6.26. The van der Waals surface area contributed by atoms with Gasteiger partial charge in [0.25, 0.3) is 0 Å². The fourth-order valence-electron chi connectivity index (χ4n) is 2.07. The maximum absolute atomic E-state index is 12.2. The van der Waals surface area contributed by atoms with E-state index in [-0.39, 0.29) is 6.42 Å². The van der Waals surface area contributed by atoms with Crippen LogP contribution >= 0.6 is 0 Å². The summed E-state index contributed by atoms with van der Waals surface area (Å²) in [6.07, 6.45) is -4.16. The summed E-state index contributed by atoms with van der Waals surface area (Å²) in [4.78, 5) is 22.0. The summed E-state index contributed by atoms with van der Waals surface area (Å²) >= 11 is 0. The predicted octanol–water partition coefficient (Wildman–Crippen LogP) is 2.42. The summed E-state index contributed by atoms with van der Waals surface area (Å²) in [5.74, 6) is -3.84. The number of alkyl halides is 3. The van der Waals surface area contributed by atoms with E-state index in [0.717, 1.165) is 5.56 Å². The van der Waals surface area contributed by atoms with Crippen molar-refractivity contribution >= 4 is 22.8 Å². The highest BCUT2D eigenvalue weighted by atomic mass is 19.4. The SMILES string of the molecule is Cc1cccc2c(CC(NC(=O)C(F)(F)F)C(=O)O)coc12. The van der Waals surface area contributed by atoms with Crippen LogP contribution in [0.3, 0.4) is 0 Å². The van der Waals surface area contributed by atoms with Gasteiger partial charge in [0.2, 0.25) is 0 Å². The summed E-state index contributed by atoms with van der Waals surface area (Å²) in [6, 6.07) is 3.48. The maximum Gasteiger partial charge on any atom is 0.471 e. The second-order valence-electron chi connectivity index (χ2n) is 4.78. The molecule has 8 heteroatoms. The molecule has 2 N–H and O–H groups in total. The first-order chi connectivity index (χ1) is 10.2. The average Bonchev–Trinajstić information content (AvgIpc) is 2.81. The zero-order valence-corrected chi connectivity index (χ0v) is 11.4. The second-order valence-corrected chi connectivity index (χ2v) is 4.78. The van der Waals surface area contributed by atoms with E-state index >= 15 is 0 Å². The highest BCUT2D eigenvalue weighted by molar-refractivity contribution is 5.88. The van der Waals surface area contributed by atoms with E-state index in [9.17, 15) is 22.8 Å². The Morgan fingerprint density at radius 2 is 2.05 bits per heavy atom. The third-order valence-corrected chi connectivity index (χ3v) is 3.16. The molecule has 2 rings (SSSR count). The van der Waals surface area contributed by atoms with E-state index in [0.29, 0.717) is 16.5 Å². The smallest absolute Gasteiger partial charge is 0.471 e. The Morgan fingerprint density at radius 1 is 1.36 bits per heavy atom. The number of furan rings is 1. The van der Waals surface area contributed by atoms with Crippen LogP contribution in [0.2, 0.25) is 0 Å². The van der Waals surface area contributed by atoms with Gasteiger partial charge in [-0.15, -0.1) is 0 Å². The molecule has 1 atom stereocenters. The van der Waals surface area contributed by atoms with E-state index in [1.807, 2.05) is 0 Å². The minimum Gasteiger partial charge on any atom is -0.480 e. The molecule has 0 spiro atoms. The molecule has 0 fully saturated rings. The summed E-state index contributed by atoms with van der Waals surface area (Å²) < 4.78 is 42.0. The summed E-state index contributed by atoms with van der Waals surface area (Å²) in [6.45, 7) is 1.79. The van der Waals surface area contributed by atoms with Crippen molar-refractivity contribution in [3.8, 4) is 0 Å². The summed E-state index contributed by atoms with van der Waals surface area (Å²) in [5, 5.41) is 11.1. The van der Waals surface area contributed by atoms with Gasteiger partial charge in [-0.25, -0.2) is 4.79 Å². The molecule has 118 valence electrons. The van der Waals surface area contributed by atoms with E-state index in [2.05, 4.69) is 0 Å². The number of para-hydroxylation sites is 1. The Bertz CT molecular complexity index is 720. The van der Waals surface area contributed by atoms with Crippen LogP contribution in [0.5, 0.6) is 0 Å². The molecule has 22 heavy (non-hydrogen) atoms. The van der Waals surface area contributed by atoms with Crippen LogP contribution in [0, 0.1) is 6.92 Å². The molecule has 0 aliphatic carbocycles. The average molecular weight is 315 g/mol. The van der Waals surface area contributed by atoms with E-state index in [1.165, 1.54) is 11.6 Å². The number of halogens is 3. The maximum atomic E-state index is 12.2. The van der Waals surface area contributed by atoms with Crippen molar-refractivity contribution < 1.29 is 32.3 Å². The molecule has 1 aromatic carbocycles. The van der Waals surface area contributed by atoms with Crippen LogP contribution in [-0.4, -0.2) is 29.2 Å². The van der Waals surface area contributed by atoms with E-state index in [4.69, 9.17) is 9.52 Å². The van der Waals surface area contributed by atoms with Crippen molar-refractivity contribution in [2.75, 3.05) is 0 Å². The number of carbonyl (C=O) groups is 2. The van der Waals surface area contributed by atoms with Crippen LogP contribution in [0.1, 0.15) is 11.1 Å². The molecule has 0 saturated heterocycles. The lowest BCUT2D eigenvalue weighted by Crippen LogP contribution is -2.47. The molecule has 0 bridgehead atoms. The lowest BCUT2D eigenvalue weighted by Gasteiger charge is -2.15. The second kappa shape index (κ2) is 5.70. The Hall–Kier alpha value is -2.51. The molecule has 5 nitrogen and oxygen atoms in total. The van der Waals surface area contributed by atoms with Crippen molar-refractivity contribution in [2.24, 2.45) is 0 Å². The fourth-order valence-corrected chi connectivity index (χ4v) is 2.07. The highest BCUT2D eigenvalue weighted by Gasteiger charge is 2.41. The fraction of sp³-hybridized carbons (Fsp3) is 0.286. The monoisotopic (exact) mass is 315 g/mol. The standard InChI is InChI=1S/C14H12F3NO4/c1-7-3-2-4-9-8(6-22-11(7)9)5-10(12(19)20)18-13(21)14(15,16)17/h2-4,6,10H,5H2,1H3,(H,18,21)(H,19,20). The topological polar surface area (TPSA) is 79.5 Å². The highest BCUT2D eigenvalue weighted by Crippen LogP contribution is 2.25. The Labute approximate surface area is 122 Å². The van der Waals surface area contributed by atoms with Crippen LogP contribution < -0.4 is 5.32 Å². The molecular weight excluding hydrogens is 303 g/mol. The van der Waals surface area contributed by atoms with Gasteiger partial charge in [-0.1, -0.05) is 18.2 Å². The van der Waals surface area contributed by atoms with Gasteiger partial charge in [0.15, 0.2) is 0 Å². The number of carbonyl (C=O) groups excluding carboxylic acids is 1. The number of nitrogens with one attached hydrogen (secondary N) is 1. The van der Waals surface area contributed by atoms with E-state index < -0.39 is 24.1 Å². The first kappa shape index (κ1) is 15.9. The molecule has 0 saturated carbocycles. The number of hydrogen-bond donors (Lipinski definition) is 2. The summed E-state index contributed by atoms with van der Waals surface area (Å²) in [7, 11) is 0. The summed E-state index contributed by atoms with van der Waals surface area (Å²) in [5.41, 5.74) is 1.76. The normalized spacial score (nSPS) is 13.1. The minimum absolute atomic E-state index is 0.312. The van der Waals surface area contributed by atoms with Crippen LogP contribution in [-0.2, 0) is 16.0 Å². The minimum atomic E-state index is -5.14. The van der Waals surface area contributed by atoms with Crippen LogP contribution in [0.15, 0.2) is 28.9 Å². The zero-order valence-electron chi connectivity index (χ0n) is 11.4. The van der Waals surface area contributed by atoms with Gasteiger partial charge < -0.3 is 14.8 Å². The van der Waals surface area contributed by atoms with Crippen molar-refractivity contribution in [3.05, 3.63) is 35.6 Å². The van der Waals surface area contributed by atoms with Crippen LogP contribution in [0.25, 0.3) is 11.0 Å². The first-order valence-corrected chi connectivity index (χ1v) is 6.26. The number of carboxylic acids is 1. The van der Waals surface area contributed by atoms with Gasteiger partial charge in [-0.2, -0.15) is 13.2 Å². The van der Waals surface area contributed by atoms with Crippen molar-refractivity contribution in [1.82, 2.24) is 5.32 Å². The zero-order chi connectivity index (χ0) is 16.5. The Balaban J connectivity index is 2.26. The van der Waals surface area contributed by atoms with Gasteiger partial charge >= 0.3 is 18.1 Å². The third kappa shape index (κ3) is 3.21. The quantitative estimate of drug-likeness (QED) is 0.908. The number of aryl methyl sites for hydroxylation is 1. The molecule has 1 amide bonds. The Morgan fingerprint density at radius 3 is 2.64 bits per heavy atom. The number of benzene rings is 1. The lowest BCUT2D eigenvalue weighted by molar-refractivity contribution is -0.175. The van der Waals surface area contributed by atoms with E-state index in [1.54, 1.807) is 25.1 Å². The molecule has 1 unspecified atom stereocenters. The van der Waals surface area contributed by atoms with Crippen molar-refractivity contribution in [1.29, 1.82) is 0 Å². The molecule has 1 heterocycles. The molecular formula is C14H12F3NO4. The number of carboxylic acid groups (broad SMARTS) is 1. The third-order valence-electron chi connectivity index (χ3n) is 3.16. The Kier molecular flexibility index (Phi) is 4.11. The molecule has 0 aliphatic rings. The number of amides is 1. The van der Waals surface area contributed by atoms with Gasteiger partial charge in [-0.3, -0.25) is 4.79 Å². The van der Waals surface area contributed by atoms with Crippen molar-refractivity contribution in [2.45, 2.75) is 25.6 Å². The number of hydrogen-bond acceptors (Lipinski definition) is 3. The predicted molar refractivity (Wildman–Crippen MR) is 70.3 cm³/mol. The number of fused-ring (bicyclic) bond motifs is 1. The number of aliphatic carboxylic acids is 1. The molecule has 0 radical (unpaired) electrons. The molecule has 0 aliphatic heterocycles. The van der Waals surface area contributed by atoms with Gasteiger partial charge in [-0.05, 0) is 12.5 Å². The van der Waals surface area contributed by atoms with Crippen molar-refractivity contribution in [3.63, 3.8) is 0 Å². The largest absolute Gasteiger partial charge is 0.480 e. The van der Waals surface area contributed by atoms with Gasteiger partial charge in [0, 0.05) is 17.4 Å². The molecule has 2 aromatic rings. The number of rotatable bonds is 4. The van der Waals surface area contributed by atoms with Gasteiger partial charge in [0.05, 0.1) is 6.26 Å².